The summed E-state index contributed by atoms with van der Waals surface area (Å²) < 4.78 is 27.7. The first kappa shape index (κ1) is 18.8. The van der Waals surface area contributed by atoms with Gasteiger partial charge in [-0.2, -0.15) is 4.31 Å². The van der Waals surface area contributed by atoms with Crippen molar-refractivity contribution in [2.75, 3.05) is 19.6 Å². The Balaban J connectivity index is 1.97. The highest BCUT2D eigenvalue weighted by Crippen LogP contribution is 2.30. The van der Waals surface area contributed by atoms with Crippen LogP contribution in [0.15, 0.2) is 23.1 Å². The first-order valence-corrected chi connectivity index (χ1v) is 10.3. The molecule has 142 valence electrons. The second kappa shape index (κ2) is 7.32. The number of sulfonamides is 1. The van der Waals surface area contributed by atoms with Crippen molar-refractivity contribution in [3.63, 3.8) is 0 Å². The monoisotopic (exact) mass is 381 g/mol. The molecule has 0 spiro atoms. The van der Waals surface area contributed by atoms with E-state index in [1.807, 2.05) is 0 Å². The number of carbonyl (C=O) groups excluding carboxylic acids is 1. The minimum absolute atomic E-state index is 0.0900. The lowest BCUT2D eigenvalue weighted by atomic mass is 10.0. The molecule has 1 amide bonds. The van der Waals surface area contributed by atoms with Gasteiger partial charge in [0.1, 0.15) is 6.04 Å². The Morgan fingerprint density at radius 2 is 1.81 bits per heavy atom. The summed E-state index contributed by atoms with van der Waals surface area (Å²) in [7, 11) is -3.99. The molecule has 1 aromatic rings. The van der Waals surface area contributed by atoms with E-state index < -0.39 is 21.0 Å². The number of piperidine rings is 1. The number of hydrogen-bond donors (Lipinski definition) is 0. The lowest BCUT2D eigenvalue weighted by molar-refractivity contribution is -0.385. The number of aryl methyl sites for hydroxylation is 1. The van der Waals surface area contributed by atoms with Crippen molar-refractivity contribution in [3.05, 3.63) is 33.9 Å². The molecule has 2 fully saturated rings. The van der Waals surface area contributed by atoms with Crippen molar-refractivity contribution in [2.45, 2.75) is 50.0 Å². The first-order chi connectivity index (χ1) is 12.3. The molecule has 2 aliphatic heterocycles. The van der Waals surface area contributed by atoms with Crippen molar-refractivity contribution >= 4 is 21.6 Å². The molecule has 26 heavy (non-hydrogen) atoms. The van der Waals surface area contributed by atoms with Crippen LogP contribution in [-0.2, 0) is 14.8 Å². The Labute approximate surface area is 153 Å². The Bertz CT molecular complexity index is 818. The quantitative estimate of drug-likeness (QED) is 0.587. The molecule has 0 aliphatic carbocycles. The highest BCUT2D eigenvalue weighted by atomic mass is 32.2. The van der Waals surface area contributed by atoms with Crippen LogP contribution in [-0.4, -0.2) is 54.1 Å². The third kappa shape index (κ3) is 3.45. The van der Waals surface area contributed by atoms with Crippen LogP contribution >= 0.6 is 0 Å². The zero-order valence-corrected chi connectivity index (χ0v) is 15.6. The van der Waals surface area contributed by atoms with Gasteiger partial charge < -0.3 is 4.90 Å². The fourth-order valence-electron chi connectivity index (χ4n) is 3.69. The molecule has 9 heteroatoms. The molecule has 0 unspecified atom stereocenters. The van der Waals surface area contributed by atoms with Crippen molar-refractivity contribution < 1.29 is 18.1 Å². The van der Waals surface area contributed by atoms with Crippen LogP contribution in [0.25, 0.3) is 0 Å². The van der Waals surface area contributed by atoms with Gasteiger partial charge in [0, 0.05) is 31.8 Å². The number of amides is 1. The Morgan fingerprint density at radius 1 is 1.15 bits per heavy atom. The zero-order valence-electron chi connectivity index (χ0n) is 14.8. The van der Waals surface area contributed by atoms with Gasteiger partial charge in [-0.05, 0) is 38.2 Å². The van der Waals surface area contributed by atoms with Crippen molar-refractivity contribution in [1.29, 1.82) is 0 Å². The Morgan fingerprint density at radius 3 is 2.46 bits per heavy atom. The fraction of sp³-hybridized carbons (Fsp3) is 0.588. The summed E-state index contributed by atoms with van der Waals surface area (Å²) in [6, 6.07) is 3.10. The second-order valence-electron chi connectivity index (χ2n) is 6.87. The Kier molecular flexibility index (Phi) is 5.29. The number of nitrogens with zero attached hydrogens (tertiary/aromatic N) is 3. The first-order valence-electron chi connectivity index (χ1n) is 8.88. The van der Waals surface area contributed by atoms with Crippen molar-refractivity contribution in [3.8, 4) is 0 Å². The minimum Gasteiger partial charge on any atom is -0.341 e. The average molecular weight is 381 g/mol. The lowest BCUT2D eigenvalue weighted by Gasteiger charge is -2.36. The normalized spacial score (nSPS) is 21.7. The van der Waals surface area contributed by atoms with E-state index in [2.05, 4.69) is 0 Å². The number of nitro benzene ring substituents is 1. The van der Waals surface area contributed by atoms with Crippen LogP contribution in [0.3, 0.4) is 0 Å². The number of nitro groups is 1. The summed E-state index contributed by atoms with van der Waals surface area (Å²) >= 11 is 0. The molecule has 2 aliphatic rings. The molecule has 2 heterocycles. The van der Waals surface area contributed by atoms with Crippen LogP contribution in [0.5, 0.6) is 0 Å². The van der Waals surface area contributed by atoms with E-state index in [0.717, 1.165) is 25.3 Å². The fourth-order valence-corrected chi connectivity index (χ4v) is 5.59. The SMILES string of the molecule is Cc1ccc([N+](=O)[O-])cc1S(=O)(=O)N1CCCC[C@@H]1C(=O)N1CCCC1. The third-order valence-corrected chi connectivity index (χ3v) is 7.18. The van der Waals surface area contributed by atoms with Gasteiger partial charge in [-0.15, -0.1) is 0 Å². The maximum absolute atomic E-state index is 13.2. The van der Waals surface area contributed by atoms with Crippen LogP contribution in [0, 0.1) is 17.0 Å². The van der Waals surface area contributed by atoms with Gasteiger partial charge in [0.15, 0.2) is 0 Å². The number of likely N-dealkylation sites (tertiary alicyclic amines) is 1. The second-order valence-corrected chi connectivity index (χ2v) is 8.73. The highest BCUT2D eigenvalue weighted by Gasteiger charge is 2.40. The van der Waals surface area contributed by atoms with Gasteiger partial charge in [0.25, 0.3) is 5.69 Å². The number of rotatable bonds is 4. The van der Waals surface area contributed by atoms with E-state index in [1.165, 1.54) is 16.4 Å². The van der Waals surface area contributed by atoms with E-state index in [-0.39, 0.29) is 23.0 Å². The molecule has 3 rings (SSSR count). The van der Waals surface area contributed by atoms with Gasteiger partial charge in [-0.1, -0.05) is 12.5 Å². The molecule has 0 saturated carbocycles. The molecular formula is C17H23N3O5S. The third-order valence-electron chi connectivity index (χ3n) is 5.13. The number of benzene rings is 1. The predicted octanol–water partition coefficient (Wildman–Crippen LogP) is 2.07. The van der Waals surface area contributed by atoms with E-state index in [9.17, 15) is 23.3 Å². The highest BCUT2D eigenvalue weighted by molar-refractivity contribution is 7.89. The van der Waals surface area contributed by atoms with Crippen molar-refractivity contribution in [1.82, 2.24) is 9.21 Å². The number of non-ortho nitro benzene ring substituents is 1. The molecule has 0 aromatic heterocycles. The van der Waals surface area contributed by atoms with E-state index in [4.69, 9.17) is 0 Å². The molecular weight excluding hydrogens is 358 g/mol. The van der Waals surface area contributed by atoms with Gasteiger partial charge in [0.05, 0.1) is 9.82 Å². The van der Waals surface area contributed by atoms with Gasteiger partial charge in [0.2, 0.25) is 15.9 Å². The van der Waals surface area contributed by atoms with Gasteiger partial charge in [-0.3, -0.25) is 14.9 Å². The molecule has 0 radical (unpaired) electrons. The van der Waals surface area contributed by atoms with Gasteiger partial charge >= 0.3 is 0 Å². The van der Waals surface area contributed by atoms with E-state index in [1.54, 1.807) is 11.8 Å². The van der Waals surface area contributed by atoms with E-state index in [0.29, 0.717) is 31.5 Å². The smallest absolute Gasteiger partial charge is 0.270 e. The maximum atomic E-state index is 13.2. The summed E-state index contributed by atoms with van der Waals surface area (Å²) in [6.07, 6.45) is 3.84. The zero-order chi connectivity index (χ0) is 18.9. The summed E-state index contributed by atoms with van der Waals surface area (Å²) in [5, 5.41) is 11.1. The van der Waals surface area contributed by atoms with Crippen LogP contribution in [0.2, 0.25) is 0 Å². The van der Waals surface area contributed by atoms with E-state index >= 15 is 0 Å². The van der Waals surface area contributed by atoms with Crippen LogP contribution < -0.4 is 0 Å². The summed E-state index contributed by atoms with van der Waals surface area (Å²) in [4.78, 5) is 24.9. The topological polar surface area (TPSA) is 101 Å². The number of carbonyl (C=O) groups is 1. The molecule has 2 saturated heterocycles. The summed E-state index contributed by atoms with van der Waals surface area (Å²) in [5.74, 6) is -0.145. The van der Waals surface area contributed by atoms with Crippen molar-refractivity contribution in [2.24, 2.45) is 0 Å². The predicted molar refractivity (Wildman–Crippen MR) is 95.2 cm³/mol. The maximum Gasteiger partial charge on any atom is 0.270 e. The van der Waals surface area contributed by atoms with Gasteiger partial charge in [-0.25, -0.2) is 8.42 Å². The number of hydrogen-bond acceptors (Lipinski definition) is 5. The van der Waals surface area contributed by atoms with Crippen LogP contribution in [0.4, 0.5) is 5.69 Å². The largest absolute Gasteiger partial charge is 0.341 e. The molecule has 8 nitrogen and oxygen atoms in total. The molecule has 1 atom stereocenters. The standard InChI is InChI=1S/C17H23N3O5S/c1-13-7-8-14(20(22)23)12-16(13)26(24,25)19-11-3-2-6-15(19)17(21)18-9-4-5-10-18/h7-8,12,15H,2-6,9-11H2,1H3/t15-/m1/s1. The lowest BCUT2D eigenvalue weighted by Crippen LogP contribution is -2.52. The average Bonchev–Trinajstić information content (AvgIpc) is 3.15. The minimum atomic E-state index is -3.99. The van der Waals surface area contributed by atoms with Crippen LogP contribution in [0.1, 0.15) is 37.7 Å². The molecule has 0 N–H and O–H groups in total. The molecule has 1 aromatic carbocycles. The Hall–Kier alpha value is -2.00. The summed E-state index contributed by atoms with van der Waals surface area (Å²) in [6.45, 7) is 3.20. The summed E-state index contributed by atoms with van der Waals surface area (Å²) in [5.41, 5.74) is 0.169. The molecule has 0 bridgehead atoms.